The lowest BCUT2D eigenvalue weighted by Crippen LogP contribution is -2.36. The molecular formula is C23H24F2N2O2. The number of rotatable bonds is 4. The summed E-state index contributed by atoms with van der Waals surface area (Å²) in [5.41, 5.74) is 1.09. The third-order valence-corrected chi connectivity index (χ3v) is 6.17. The maximum Gasteiger partial charge on any atom is 0.228 e. The predicted molar refractivity (Wildman–Crippen MR) is 105 cm³/mol. The van der Waals surface area contributed by atoms with Gasteiger partial charge in [-0.1, -0.05) is 36.4 Å². The number of amides is 2. The summed E-state index contributed by atoms with van der Waals surface area (Å²) in [4.78, 5) is 29.0. The first-order valence-electron chi connectivity index (χ1n) is 10.0. The van der Waals surface area contributed by atoms with Crippen LogP contribution in [0.2, 0.25) is 0 Å². The highest BCUT2D eigenvalue weighted by Gasteiger charge is 2.41. The Balaban J connectivity index is 1.42. The largest absolute Gasteiger partial charge is 0.342 e. The second-order valence-corrected chi connectivity index (χ2v) is 7.94. The minimum absolute atomic E-state index is 0.0319. The van der Waals surface area contributed by atoms with Gasteiger partial charge < -0.3 is 9.80 Å². The summed E-state index contributed by atoms with van der Waals surface area (Å²) in [5, 5.41) is 0. The summed E-state index contributed by atoms with van der Waals surface area (Å²) >= 11 is 0. The predicted octanol–water partition coefficient (Wildman–Crippen LogP) is 3.89. The first-order chi connectivity index (χ1) is 14.0. The van der Waals surface area contributed by atoms with E-state index in [0.717, 1.165) is 5.56 Å². The van der Waals surface area contributed by atoms with E-state index in [0.29, 0.717) is 19.5 Å². The SMILES string of the molecule is CC(c1ccccc1)N1CC(C(=O)N2CCC(c3c(F)cccc3F)C2)CC1=O. The van der Waals surface area contributed by atoms with Gasteiger partial charge in [0.1, 0.15) is 11.6 Å². The Kier molecular flexibility index (Phi) is 5.35. The molecule has 2 aliphatic heterocycles. The third-order valence-electron chi connectivity index (χ3n) is 6.17. The maximum absolute atomic E-state index is 14.1. The van der Waals surface area contributed by atoms with E-state index in [1.165, 1.54) is 18.2 Å². The van der Waals surface area contributed by atoms with E-state index in [1.54, 1.807) is 9.80 Å². The van der Waals surface area contributed by atoms with E-state index in [1.807, 2.05) is 37.3 Å². The van der Waals surface area contributed by atoms with E-state index in [9.17, 15) is 18.4 Å². The lowest BCUT2D eigenvalue weighted by molar-refractivity contribution is -0.134. The van der Waals surface area contributed by atoms with Gasteiger partial charge in [-0.3, -0.25) is 9.59 Å². The van der Waals surface area contributed by atoms with Crippen molar-refractivity contribution in [2.24, 2.45) is 5.92 Å². The second kappa shape index (κ2) is 7.93. The summed E-state index contributed by atoms with van der Waals surface area (Å²) in [6, 6.07) is 13.5. The molecule has 0 aliphatic carbocycles. The minimum atomic E-state index is -0.566. The van der Waals surface area contributed by atoms with Crippen LogP contribution >= 0.6 is 0 Å². The number of likely N-dealkylation sites (tertiary alicyclic amines) is 2. The monoisotopic (exact) mass is 398 g/mol. The van der Waals surface area contributed by atoms with Crippen LogP contribution in [-0.2, 0) is 9.59 Å². The van der Waals surface area contributed by atoms with Crippen LogP contribution in [0.1, 0.15) is 42.9 Å². The Bertz CT molecular complexity index is 898. The van der Waals surface area contributed by atoms with Crippen LogP contribution in [0.25, 0.3) is 0 Å². The first kappa shape index (κ1) is 19.6. The zero-order chi connectivity index (χ0) is 20.5. The van der Waals surface area contributed by atoms with Gasteiger partial charge in [0.2, 0.25) is 11.8 Å². The number of hydrogen-bond donors (Lipinski definition) is 0. The zero-order valence-corrected chi connectivity index (χ0v) is 16.4. The molecule has 0 bridgehead atoms. The van der Waals surface area contributed by atoms with Crippen LogP contribution < -0.4 is 0 Å². The number of carbonyl (C=O) groups excluding carboxylic acids is 2. The zero-order valence-electron chi connectivity index (χ0n) is 16.4. The van der Waals surface area contributed by atoms with Gasteiger partial charge >= 0.3 is 0 Å². The molecule has 4 nitrogen and oxygen atoms in total. The van der Waals surface area contributed by atoms with Crippen molar-refractivity contribution >= 4 is 11.8 Å². The average Bonchev–Trinajstić information content (AvgIpc) is 3.35. The lowest BCUT2D eigenvalue weighted by Gasteiger charge is -2.26. The molecule has 2 fully saturated rings. The van der Waals surface area contributed by atoms with Gasteiger partial charge in [-0.25, -0.2) is 8.78 Å². The molecular weight excluding hydrogens is 374 g/mol. The minimum Gasteiger partial charge on any atom is -0.342 e. The Labute approximate surface area is 169 Å². The number of benzene rings is 2. The Morgan fingerprint density at radius 3 is 2.41 bits per heavy atom. The lowest BCUT2D eigenvalue weighted by atomic mass is 9.97. The van der Waals surface area contributed by atoms with Gasteiger partial charge in [0, 0.05) is 37.5 Å². The number of hydrogen-bond acceptors (Lipinski definition) is 2. The van der Waals surface area contributed by atoms with Gasteiger partial charge in [-0.15, -0.1) is 0 Å². The highest BCUT2D eigenvalue weighted by atomic mass is 19.1. The van der Waals surface area contributed by atoms with Gasteiger partial charge in [0.15, 0.2) is 0 Å². The molecule has 152 valence electrons. The quantitative estimate of drug-likeness (QED) is 0.784. The van der Waals surface area contributed by atoms with Gasteiger partial charge in [-0.05, 0) is 31.0 Å². The van der Waals surface area contributed by atoms with Crippen LogP contribution in [-0.4, -0.2) is 41.2 Å². The van der Waals surface area contributed by atoms with Crippen molar-refractivity contribution in [3.05, 3.63) is 71.3 Å². The fourth-order valence-electron chi connectivity index (χ4n) is 4.54. The normalized spacial score (nSPS) is 22.9. The third kappa shape index (κ3) is 3.76. The van der Waals surface area contributed by atoms with Gasteiger partial charge in [-0.2, -0.15) is 0 Å². The molecule has 2 aromatic carbocycles. The molecule has 2 amide bonds. The van der Waals surface area contributed by atoms with E-state index in [4.69, 9.17) is 0 Å². The molecule has 2 saturated heterocycles. The van der Waals surface area contributed by atoms with Crippen LogP contribution in [0.5, 0.6) is 0 Å². The Hall–Kier alpha value is -2.76. The fraction of sp³-hybridized carbons (Fsp3) is 0.391. The molecule has 2 heterocycles. The highest BCUT2D eigenvalue weighted by Crippen LogP contribution is 2.34. The summed E-state index contributed by atoms with van der Waals surface area (Å²) in [5.74, 6) is -2.02. The van der Waals surface area contributed by atoms with Crippen molar-refractivity contribution < 1.29 is 18.4 Å². The summed E-state index contributed by atoms with van der Waals surface area (Å²) in [7, 11) is 0. The van der Waals surface area contributed by atoms with Crippen molar-refractivity contribution in [1.82, 2.24) is 9.80 Å². The standard InChI is InChI=1S/C23H24F2N2O2/c1-15(16-6-3-2-4-7-16)27-14-18(12-21(27)28)23(29)26-11-10-17(13-26)22-19(24)8-5-9-20(22)25/h2-9,15,17-18H,10-14H2,1H3. The van der Waals surface area contributed by atoms with Crippen LogP contribution in [0, 0.1) is 17.6 Å². The van der Waals surface area contributed by atoms with E-state index in [2.05, 4.69) is 0 Å². The van der Waals surface area contributed by atoms with Crippen LogP contribution in [0.4, 0.5) is 8.78 Å². The molecule has 0 radical (unpaired) electrons. The Morgan fingerprint density at radius 2 is 1.72 bits per heavy atom. The van der Waals surface area contributed by atoms with Crippen molar-refractivity contribution in [3.8, 4) is 0 Å². The van der Waals surface area contributed by atoms with Crippen LogP contribution in [0.15, 0.2) is 48.5 Å². The van der Waals surface area contributed by atoms with E-state index < -0.39 is 17.6 Å². The Morgan fingerprint density at radius 1 is 1.03 bits per heavy atom. The van der Waals surface area contributed by atoms with Gasteiger partial charge in [0.05, 0.1) is 12.0 Å². The molecule has 3 unspecified atom stereocenters. The van der Waals surface area contributed by atoms with Gasteiger partial charge in [0.25, 0.3) is 0 Å². The number of nitrogens with zero attached hydrogens (tertiary/aromatic N) is 2. The number of halogens is 2. The van der Waals surface area contributed by atoms with E-state index in [-0.39, 0.29) is 42.3 Å². The molecule has 0 aromatic heterocycles. The van der Waals surface area contributed by atoms with Crippen molar-refractivity contribution in [1.29, 1.82) is 0 Å². The molecule has 0 spiro atoms. The molecule has 0 N–H and O–H groups in total. The van der Waals surface area contributed by atoms with Crippen LogP contribution in [0.3, 0.4) is 0 Å². The molecule has 2 aromatic rings. The number of carbonyl (C=O) groups is 2. The molecule has 29 heavy (non-hydrogen) atoms. The first-order valence-corrected chi connectivity index (χ1v) is 10.0. The molecule has 4 rings (SSSR count). The highest BCUT2D eigenvalue weighted by molar-refractivity contribution is 5.89. The smallest absolute Gasteiger partial charge is 0.228 e. The molecule has 6 heteroatoms. The average molecular weight is 398 g/mol. The van der Waals surface area contributed by atoms with Crippen molar-refractivity contribution in [2.45, 2.75) is 31.7 Å². The summed E-state index contributed by atoms with van der Waals surface area (Å²) < 4.78 is 28.2. The fourth-order valence-corrected chi connectivity index (χ4v) is 4.54. The van der Waals surface area contributed by atoms with Crippen molar-refractivity contribution in [3.63, 3.8) is 0 Å². The maximum atomic E-state index is 14.1. The molecule has 3 atom stereocenters. The topological polar surface area (TPSA) is 40.6 Å². The molecule has 0 saturated carbocycles. The van der Waals surface area contributed by atoms with Crippen molar-refractivity contribution in [2.75, 3.05) is 19.6 Å². The molecule has 2 aliphatic rings. The summed E-state index contributed by atoms with van der Waals surface area (Å²) in [6.45, 7) is 3.09. The second-order valence-electron chi connectivity index (χ2n) is 7.94. The van der Waals surface area contributed by atoms with E-state index >= 15 is 0 Å². The summed E-state index contributed by atoms with van der Waals surface area (Å²) in [6.07, 6.45) is 0.708.